The lowest BCUT2D eigenvalue weighted by molar-refractivity contribution is -0.121. The molecule has 160 valence electrons. The summed E-state index contributed by atoms with van der Waals surface area (Å²) in [5.74, 6) is 0.0136. The van der Waals surface area contributed by atoms with E-state index in [2.05, 4.69) is 29.6 Å². The minimum Gasteiger partial charge on any atom is -0.464 e. The van der Waals surface area contributed by atoms with E-state index >= 15 is 0 Å². The second kappa shape index (κ2) is 9.06. The van der Waals surface area contributed by atoms with Crippen LogP contribution in [0.25, 0.3) is 21.7 Å². The topological polar surface area (TPSA) is 87.7 Å². The standard InChI is InChI=1S/C24H25N3O4/c1-3-27(4-2)14-18-10-12-21(31-18)24(29)26-25-22(28)13-17-15-30-20-11-9-16-7-5-6-8-19(16)23(17)20/h5-12,15H,3-4,13-14H2,1-2H3,(H,25,28)(H,26,29). The molecule has 2 aromatic heterocycles. The molecule has 4 rings (SSSR count). The Bertz CT molecular complexity index is 1220. The van der Waals surface area contributed by atoms with Crippen LogP contribution in [-0.4, -0.2) is 29.8 Å². The van der Waals surface area contributed by atoms with Crippen molar-refractivity contribution < 1.29 is 18.4 Å². The minimum absolute atomic E-state index is 0.0760. The fourth-order valence-electron chi connectivity index (χ4n) is 3.66. The van der Waals surface area contributed by atoms with Crippen LogP contribution in [0.4, 0.5) is 0 Å². The van der Waals surface area contributed by atoms with Crippen LogP contribution in [0.1, 0.15) is 35.7 Å². The first kappa shape index (κ1) is 20.7. The number of carbonyl (C=O) groups excluding carboxylic acids is 2. The van der Waals surface area contributed by atoms with Crippen LogP contribution in [0.5, 0.6) is 0 Å². The molecule has 0 atom stereocenters. The molecule has 0 fully saturated rings. The zero-order valence-electron chi connectivity index (χ0n) is 17.6. The number of hydrazine groups is 1. The third kappa shape index (κ3) is 4.46. The van der Waals surface area contributed by atoms with Gasteiger partial charge in [0.15, 0.2) is 5.76 Å². The maximum Gasteiger partial charge on any atom is 0.305 e. The zero-order chi connectivity index (χ0) is 21.8. The number of carbonyl (C=O) groups is 2. The number of benzene rings is 2. The molecule has 2 aromatic carbocycles. The van der Waals surface area contributed by atoms with E-state index in [1.54, 1.807) is 18.4 Å². The molecule has 31 heavy (non-hydrogen) atoms. The molecule has 7 nitrogen and oxygen atoms in total. The molecule has 0 aliphatic heterocycles. The largest absolute Gasteiger partial charge is 0.464 e. The van der Waals surface area contributed by atoms with E-state index in [4.69, 9.17) is 8.83 Å². The molecule has 0 saturated heterocycles. The van der Waals surface area contributed by atoms with Crippen molar-refractivity contribution in [3.8, 4) is 0 Å². The van der Waals surface area contributed by atoms with Gasteiger partial charge >= 0.3 is 5.91 Å². The number of hydrogen-bond acceptors (Lipinski definition) is 5. The first-order chi connectivity index (χ1) is 15.1. The molecule has 0 saturated carbocycles. The summed E-state index contributed by atoms with van der Waals surface area (Å²) < 4.78 is 11.2. The molecule has 2 N–H and O–H groups in total. The van der Waals surface area contributed by atoms with Crippen molar-refractivity contribution in [2.24, 2.45) is 0 Å². The number of amides is 2. The van der Waals surface area contributed by atoms with Gasteiger partial charge in [0.05, 0.1) is 19.2 Å². The first-order valence-electron chi connectivity index (χ1n) is 10.4. The van der Waals surface area contributed by atoms with Gasteiger partial charge in [-0.15, -0.1) is 0 Å². The van der Waals surface area contributed by atoms with Crippen LogP contribution >= 0.6 is 0 Å². The summed E-state index contributed by atoms with van der Waals surface area (Å²) in [6.45, 7) is 6.57. The van der Waals surface area contributed by atoms with Gasteiger partial charge in [0.2, 0.25) is 5.91 Å². The predicted molar refractivity (Wildman–Crippen MR) is 118 cm³/mol. The van der Waals surface area contributed by atoms with Gasteiger partial charge in [-0.1, -0.05) is 44.2 Å². The fourth-order valence-corrected chi connectivity index (χ4v) is 3.66. The highest BCUT2D eigenvalue weighted by molar-refractivity contribution is 6.08. The number of nitrogens with zero attached hydrogens (tertiary/aromatic N) is 1. The van der Waals surface area contributed by atoms with Crippen LogP contribution < -0.4 is 10.9 Å². The maximum atomic E-state index is 12.4. The number of furan rings is 2. The maximum absolute atomic E-state index is 12.4. The third-order valence-electron chi connectivity index (χ3n) is 5.37. The van der Waals surface area contributed by atoms with Gasteiger partial charge in [-0.3, -0.25) is 25.3 Å². The van der Waals surface area contributed by atoms with E-state index in [1.165, 1.54) is 0 Å². The Kier molecular flexibility index (Phi) is 6.04. The molecule has 0 aliphatic carbocycles. The highest BCUT2D eigenvalue weighted by Gasteiger charge is 2.16. The van der Waals surface area contributed by atoms with Crippen molar-refractivity contribution in [2.75, 3.05) is 13.1 Å². The predicted octanol–water partition coefficient (Wildman–Crippen LogP) is 4.02. The Morgan fingerprint density at radius 1 is 0.968 bits per heavy atom. The van der Waals surface area contributed by atoms with Gasteiger partial charge in [-0.2, -0.15) is 0 Å². The number of fused-ring (bicyclic) bond motifs is 3. The van der Waals surface area contributed by atoms with Gasteiger partial charge in [0.25, 0.3) is 0 Å². The molecular formula is C24H25N3O4. The lowest BCUT2D eigenvalue weighted by Crippen LogP contribution is -2.42. The van der Waals surface area contributed by atoms with Crippen LogP contribution in [0.3, 0.4) is 0 Å². The Hall–Kier alpha value is -3.58. The Balaban J connectivity index is 1.39. The number of hydrogen-bond donors (Lipinski definition) is 2. The van der Waals surface area contributed by atoms with Crippen LogP contribution in [0, 0.1) is 0 Å². The summed E-state index contributed by atoms with van der Waals surface area (Å²) in [5, 5.41) is 3.01. The van der Waals surface area contributed by atoms with E-state index in [0.29, 0.717) is 12.3 Å². The summed E-state index contributed by atoms with van der Waals surface area (Å²) in [6, 6.07) is 15.2. The molecular weight excluding hydrogens is 394 g/mol. The van der Waals surface area contributed by atoms with E-state index in [9.17, 15) is 9.59 Å². The molecule has 4 aromatic rings. The molecule has 0 aliphatic rings. The fraction of sp³-hybridized carbons (Fsp3) is 0.250. The lowest BCUT2D eigenvalue weighted by atomic mass is 10.0. The molecule has 0 spiro atoms. The average Bonchev–Trinajstić information content (AvgIpc) is 3.43. The molecule has 2 amide bonds. The van der Waals surface area contributed by atoms with Crippen molar-refractivity contribution in [1.82, 2.24) is 15.8 Å². The van der Waals surface area contributed by atoms with Gasteiger partial charge in [-0.05, 0) is 42.1 Å². The molecule has 0 bridgehead atoms. The number of nitrogens with one attached hydrogen (secondary N) is 2. The molecule has 7 heteroatoms. The highest BCUT2D eigenvalue weighted by Crippen LogP contribution is 2.30. The molecule has 2 heterocycles. The second-order valence-electron chi connectivity index (χ2n) is 7.33. The second-order valence-corrected chi connectivity index (χ2v) is 7.33. The summed E-state index contributed by atoms with van der Waals surface area (Å²) >= 11 is 0. The first-order valence-corrected chi connectivity index (χ1v) is 10.4. The normalized spacial score (nSPS) is 11.3. The molecule has 0 unspecified atom stereocenters. The van der Waals surface area contributed by atoms with E-state index < -0.39 is 5.91 Å². The van der Waals surface area contributed by atoms with Crippen molar-refractivity contribution in [2.45, 2.75) is 26.8 Å². The summed E-state index contributed by atoms with van der Waals surface area (Å²) in [5.41, 5.74) is 6.35. The monoisotopic (exact) mass is 419 g/mol. The van der Waals surface area contributed by atoms with Crippen molar-refractivity contribution in [3.63, 3.8) is 0 Å². The molecule has 0 radical (unpaired) electrons. The van der Waals surface area contributed by atoms with E-state index in [-0.39, 0.29) is 18.1 Å². The Morgan fingerprint density at radius 2 is 1.77 bits per heavy atom. The van der Waals surface area contributed by atoms with Gasteiger partial charge in [0.1, 0.15) is 11.3 Å². The van der Waals surface area contributed by atoms with E-state index in [1.807, 2.05) is 36.4 Å². The van der Waals surface area contributed by atoms with Gasteiger partial charge < -0.3 is 8.83 Å². The van der Waals surface area contributed by atoms with Crippen LogP contribution in [-0.2, 0) is 17.8 Å². The number of rotatable bonds is 7. The SMILES string of the molecule is CCN(CC)Cc1ccc(C(=O)NNC(=O)Cc2coc3ccc4ccccc4c23)o1. The van der Waals surface area contributed by atoms with Crippen LogP contribution in [0.15, 0.2) is 63.6 Å². The highest BCUT2D eigenvalue weighted by atomic mass is 16.4. The van der Waals surface area contributed by atoms with Gasteiger partial charge in [-0.25, -0.2) is 0 Å². The quantitative estimate of drug-likeness (QED) is 0.442. The average molecular weight is 419 g/mol. The third-order valence-corrected chi connectivity index (χ3v) is 5.37. The van der Waals surface area contributed by atoms with Crippen molar-refractivity contribution >= 4 is 33.6 Å². The lowest BCUT2D eigenvalue weighted by Gasteiger charge is -2.15. The minimum atomic E-state index is -0.498. The summed E-state index contributed by atoms with van der Waals surface area (Å²) in [7, 11) is 0. The Labute approximate surface area is 180 Å². The smallest absolute Gasteiger partial charge is 0.305 e. The van der Waals surface area contributed by atoms with Gasteiger partial charge in [0, 0.05) is 10.9 Å². The van der Waals surface area contributed by atoms with E-state index in [0.717, 1.165) is 40.4 Å². The summed E-state index contributed by atoms with van der Waals surface area (Å²) in [4.78, 5) is 27.0. The van der Waals surface area contributed by atoms with Crippen LogP contribution in [0.2, 0.25) is 0 Å². The van der Waals surface area contributed by atoms with Crippen molar-refractivity contribution in [3.05, 3.63) is 71.9 Å². The Morgan fingerprint density at radius 3 is 2.58 bits per heavy atom. The van der Waals surface area contributed by atoms with Crippen molar-refractivity contribution in [1.29, 1.82) is 0 Å². The zero-order valence-corrected chi connectivity index (χ0v) is 17.6. The summed E-state index contributed by atoms with van der Waals surface area (Å²) in [6.07, 6.45) is 1.66.